The lowest BCUT2D eigenvalue weighted by Crippen LogP contribution is -2.21. The Hall–Kier alpha value is -3.42. The van der Waals surface area contributed by atoms with Gasteiger partial charge in [-0.3, -0.25) is 9.48 Å². The number of ether oxygens (including phenoxy) is 2. The molecule has 0 spiro atoms. The van der Waals surface area contributed by atoms with Crippen LogP contribution in [-0.2, 0) is 16.6 Å². The lowest BCUT2D eigenvalue weighted by molar-refractivity contribution is -0.119. The summed E-state index contributed by atoms with van der Waals surface area (Å²) in [6, 6.07) is 8.50. The molecule has 2 aromatic heterocycles. The van der Waals surface area contributed by atoms with Crippen molar-refractivity contribution in [2.75, 3.05) is 19.0 Å². The first kappa shape index (κ1) is 17.4. The molecule has 0 bridgehead atoms. The Bertz CT molecular complexity index is 963. The molecule has 0 aliphatic heterocycles. The zero-order chi connectivity index (χ0) is 18.7. The maximum Gasteiger partial charge on any atom is 0.340 e. The number of rotatable bonds is 5. The number of aryl methyl sites for hydroxylation is 2. The summed E-state index contributed by atoms with van der Waals surface area (Å²) in [4.78, 5) is 28.3. The molecule has 0 unspecified atom stereocenters. The third-order valence-electron chi connectivity index (χ3n) is 3.81. The SMILES string of the molecule is COc1ccc(NC(=O)COC(=O)c2cnc3c(c2)c(C)nn3C)cc1. The van der Waals surface area contributed by atoms with Crippen molar-refractivity contribution in [1.82, 2.24) is 14.8 Å². The number of benzene rings is 1. The Kier molecular flexibility index (Phi) is 4.83. The highest BCUT2D eigenvalue weighted by molar-refractivity contribution is 5.97. The molecule has 2 heterocycles. The van der Waals surface area contributed by atoms with Gasteiger partial charge in [0.2, 0.25) is 0 Å². The van der Waals surface area contributed by atoms with Crippen molar-refractivity contribution in [2.24, 2.45) is 7.05 Å². The van der Waals surface area contributed by atoms with E-state index < -0.39 is 18.5 Å². The molecular weight excluding hydrogens is 336 g/mol. The van der Waals surface area contributed by atoms with Crippen LogP contribution in [0.3, 0.4) is 0 Å². The van der Waals surface area contributed by atoms with Gasteiger partial charge >= 0.3 is 5.97 Å². The molecule has 8 nitrogen and oxygen atoms in total. The molecule has 0 aliphatic rings. The first-order valence-electron chi connectivity index (χ1n) is 7.88. The van der Waals surface area contributed by atoms with Gasteiger partial charge in [-0.15, -0.1) is 0 Å². The molecule has 1 N–H and O–H groups in total. The lowest BCUT2D eigenvalue weighted by Gasteiger charge is -2.07. The van der Waals surface area contributed by atoms with Crippen LogP contribution in [0.15, 0.2) is 36.5 Å². The smallest absolute Gasteiger partial charge is 0.340 e. The minimum atomic E-state index is -0.618. The van der Waals surface area contributed by atoms with Crippen LogP contribution >= 0.6 is 0 Å². The van der Waals surface area contributed by atoms with Crippen LogP contribution in [0.2, 0.25) is 0 Å². The van der Waals surface area contributed by atoms with Gasteiger partial charge in [-0.1, -0.05) is 0 Å². The van der Waals surface area contributed by atoms with E-state index in [1.54, 1.807) is 49.2 Å². The minimum Gasteiger partial charge on any atom is -0.497 e. The van der Waals surface area contributed by atoms with Crippen LogP contribution in [0.4, 0.5) is 5.69 Å². The minimum absolute atomic E-state index is 0.269. The van der Waals surface area contributed by atoms with E-state index in [1.807, 2.05) is 6.92 Å². The van der Waals surface area contributed by atoms with Gasteiger partial charge in [-0.25, -0.2) is 9.78 Å². The first-order valence-corrected chi connectivity index (χ1v) is 7.88. The average molecular weight is 354 g/mol. The number of nitrogens with one attached hydrogen (secondary N) is 1. The number of hydrogen-bond donors (Lipinski definition) is 1. The molecular formula is C18H18N4O4. The fourth-order valence-corrected chi connectivity index (χ4v) is 2.51. The zero-order valence-electron chi connectivity index (χ0n) is 14.6. The maximum absolute atomic E-state index is 12.2. The fourth-order valence-electron chi connectivity index (χ4n) is 2.51. The largest absolute Gasteiger partial charge is 0.497 e. The summed E-state index contributed by atoms with van der Waals surface area (Å²) in [5, 5.41) is 7.66. The second-order valence-electron chi connectivity index (χ2n) is 5.66. The van der Waals surface area contributed by atoms with Gasteiger partial charge in [0.15, 0.2) is 12.3 Å². The van der Waals surface area contributed by atoms with E-state index in [0.29, 0.717) is 17.1 Å². The van der Waals surface area contributed by atoms with Crippen molar-refractivity contribution in [3.63, 3.8) is 0 Å². The van der Waals surface area contributed by atoms with Crippen LogP contribution in [0.25, 0.3) is 11.0 Å². The third kappa shape index (κ3) is 3.64. The normalized spacial score (nSPS) is 10.6. The third-order valence-corrected chi connectivity index (χ3v) is 3.81. The van der Waals surface area contributed by atoms with Gasteiger partial charge in [-0.2, -0.15) is 5.10 Å². The van der Waals surface area contributed by atoms with E-state index in [-0.39, 0.29) is 5.56 Å². The molecule has 0 saturated heterocycles. The Balaban J connectivity index is 1.61. The Labute approximate surface area is 149 Å². The highest BCUT2D eigenvalue weighted by atomic mass is 16.5. The quantitative estimate of drug-likeness (QED) is 0.705. The number of anilines is 1. The second-order valence-corrected chi connectivity index (χ2v) is 5.66. The molecule has 0 radical (unpaired) electrons. The molecule has 0 atom stereocenters. The molecule has 3 aromatic rings. The van der Waals surface area contributed by atoms with Gasteiger partial charge in [0.05, 0.1) is 18.4 Å². The van der Waals surface area contributed by atoms with Crippen molar-refractivity contribution in [3.05, 3.63) is 47.8 Å². The second kappa shape index (κ2) is 7.22. The van der Waals surface area contributed by atoms with E-state index in [0.717, 1.165) is 11.1 Å². The molecule has 134 valence electrons. The van der Waals surface area contributed by atoms with Crippen LogP contribution in [-0.4, -0.2) is 40.4 Å². The van der Waals surface area contributed by atoms with Crippen molar-refractivity contribution >= 4 is 28.6 Å². The van der Waals surface area contributed by atoms with Crippen molar-refractivity contribution in [3.8, 4) is 5.75 Å². The standard InChI is InChI=1S/C18H18N4O4/c1-11-15-8-12(9-19-17(15)22(2)21-11)18(24)26-10-16(23)20-13-4-6-14(25-3)7-5-13/h4-9H,10H2,1-3H3,(H,20,23). The van der Waals surface area contributed by atoms with Crippen molar-refractivity contribution in [2.45, 2.75) is 6.92 Å². The summed E-state index contributed by atoms with van der Waals surface area (Å²) in [5.41, 5.74) is 2.30. The van der Waals surface area contributed by atoms with E-state index in [1.165, 1.54) is 6.20 Å². The molecule has 1 aromatic carbocycles. The Morgan fingerprint density at radius 1 is 1.23 bits per heavy atom. The molecule has 0 saturated carbocycles. The van der Waals surface area contributed by atoms with Gasteiger partial charge in [0, 0.05) is 24.3 Å². The Morgan fingerprint density at radius 3 is 2.65 bits per heavy atom. The molecule has 0 aliphatic carbocycles. The first-order chi connectivity index (χ1) is 12.5. The summed E-state index contributed by atoms with van der Waals surface area (Å²) in [7, 11) is 3.34. The number of nitrogens with zero attached hydrogens (tertiary/aromatic N) is 3. The maximum atomic E-state index is 12.2. The number of hydrogen-bond acceptors (Lipinski definition) is 6. The van der Waals surface area contributed by atoms with Crippen molar-refractivity contribution in [1.29, 1.82) is 0 Å². The highest BCUT2D eigenvalue weighted by Gasteiger charge is 2.14. The highest BCUT2D eigenvalue weighted by Crippen LogP contribution is 2.17. The van der Waals surface area contributed by atoms with E-state index in [2.05, 4.69) is 15.4 Å². The lowest BCUT2D eigenvalue weighted by atomic mass is 10.2. The fraction of sp³-hybridized carbons (Fsp3) is 0.222. The predicted molar refractivity (Wildman–Crippen MR) is 95.2 cm³/mol. The number of amides is 1. The molecule has 8 heteroatoms. The van der Waals surface area contributed by atoms with Crippen LogP contribution in [0.1, 0.15) is 16.1 Å². The topological polar surface area (TPSA) is 95.3 Å². The monoisotopic (exact) mass is 354 g/mol. The summed E-state index contributed by atoms with van der Waals surface area (Å²) < 4.78 is 11.7. The summed E-state index contributed by atoms with van der Waals surface area (Å²) in [6.07, 6.45) is 1.41. The zero-order valence-corrected chi connectivity index (χ0v) is 14.6. The molecule has 26 heavy (non-hydrogen) atoms. The summed E-state index contributed by atoms with van der Waals surface area (Å²) in [6.45, 7) is 1.44. The summed E-state index contributed by atoms with van der Waals surface area (Å²) >= 11 is 0. The average Bonchev–Trinajstić information content (AvgIpc) is 2.94. The van der Waals surface area contributed by atoms with Crippen LogP contribution in [0, 0.1) is 6.92 Å². The predicted octanol–water partition coefficient (Wildman–Crippen LogP) is 2.08. The molecule has 0 fully saturated rings. The van der Waals surface area contributed by atoms with Gasteiger partial charge in [0.25, 0.3) is 5.91 Å². The molecule has 1 amide bonds. The number of fused-ring (bicyclic) bond motifs is 1. The number of carbonyl (C=O) groups is 2. The van der Waals surface area contributed by atoms with Gasteiger partial charge in [-0.05, 0) is 37.3 Å². The van der Waals surface area contributed by atoms with E-state index in [9.17, 15) is 9.59 Å². The number of aromatic nitrogens is 3. The van der Waals surface area contributed by atoms with Crippen molar-refractivity contribution < 1.29 is 19.1 Å². The number of methoxy groups -OCH3 is 1. The van der Waals surface area contributed by atoms with E-state index in [4.69, 9.17) is 9.47 Å². The number of esters is 1. The van der Waals surface area contributed by atoms with Gasteiger partial charge in [0.1, 0.15) is 5.75 Å². The van der Waals surface area contributed by atoms with Gasteiger partial charge < -0.3 is 14.8 Å². The van der Waals surface area contributed by atoms with Crippen LogP contribution in [0.5, 0.6) is 5.75 Å². The number of carbonyl (C=O) groups excluding carboxylic acids is 2. The Morgan fingerprint density at radius 2 is 1.96 bits per heavy atom. The molecule has 3 rings (SSSR count). The van der Waals surface area contributed by atoms with Crippen LogP contribution < -0.4 is 10.1 Å². The number of pyridine rings is 1. The van der Waals surface area contributed by atoms with E-state index >= 15 is 0 Å². The summed E-state index contributed by atoms with van der Waals surface area (Å²) in [5.74, 6) is -0.370.